The third-order valence-electron chi connectivity index (χ3n) is 6.86. The molecule has 0 radical (unpaired) electrons. The van der Waals surface area contributed by atoms with Crippen LogP contribution in [0.3, 0.4) is 0 Å². The van der Waals surface area contributed by atoms with E-state index in [-0.39, 0.29) is 0 Å². The average molecular weight is 490 g/mol. The highest BCUT2D eigenvalue weighted by Crippen LogP contribution is 2.46. The van der Waals surface area contributed by atoms with Gasteiger partial charge in [-0.3, -0.25) is 4.98 Å². The first-order chi connectivity index (χ1) is 18.8. The van der Waals surface area contributed by atoms with Gasteiger partial charge in [-0.25, -0.2) is 15.0 Å². The van der Waals surface area contributed by atoms with Crippen LogP contribution in [-0.4, -0.2) is 24.5 Å². The van der Waals surface area contributed by atoms with Gasteiger partial charge in [-0.2, -0.15) is 0 Å². The number of hydrogen-bond donors (Lipinski definition) is 0. The molecule has 0 atom stereocenters. The Morgan fingerprint density at radius 2 is 1.18 bits per heavy atom. The van der Waals surface area contributed by atoms with Crippen molar-refractivity contribution < 1.29 is 4.74 Å². The van der Waals surface area contributed by atoms with E-state index < -0.39 is 0 Å². The van der Waals surface area contributed by atoms with Gasteiger partial charge < -0.3 is 9.30 Å². The van der Waals surface area contributed by atoms with Crippen LogP contribution in [0.1, 0.15) is 0 Å². The van der Waals surface area contributed by atoms with Crippen LogP contribution in [0.5, 0.6) is 11.5 Å². The van der Waals surface area contributed by atoms with Gasteiger partial charge in [0.2, 0.25) is 0 Å². The second-order valence-corrected chi connectivity index (χ2v) is 9.19. The molecule has 0 saturated carbocycles. The van der Waals surface area contributed by atoms with E-state index in [9.17, 15) is 0 Å². The van der Waals surface area contributed by atoms with Gasteiger partial charge >= 0.3 is 0 Å². The molecule has 0 unspecified atom stereocenters. The van der Waals surface area contributed by atoms with Crippen LogP contribution in [0.2, 0.25) is 0 Å². The lowest BCUT2D eigenvalue weighted by molar-refractivity contribution is 0.476. The minimum Gasteiger partial charge on any atom is -0.453 e. The molecule has 6 heteroatoms. The first-order valence-corrected chi connectivity index (χ1v) is 12.4. The highest BCUT2D eigenvalue weighted by molar-refractivity contribution is 6.11. The molecule has 0 fully saturated rings. The van der Waals surface area contributed by atoms with Gasteiger partial charge in [0.1, 0.15) is 0 Å². The van der Waals surface area contributed by atoms with Gasteiger partial charge in [0.05, 0.1) is 22.2 Å². The number of fused-ring (bicyclic) bond motifs is 5. The van der Waals surface area contributed by atoms with Crippen LogP contribution >= 0.6 is 0 Å². The van der Waals surface area contributed by atoms with Crippen molar-refractivity contribution in [2.24, 2.45) is 0 Å². The Kier molecular flexibility index (Phi) is 4.42. The fraction of sp³-hybridized carbons (Fsp3) is 0. The fourth-order valence-corrected chi connectivity index (χ4v) is 5.17. The predicted octanol–water partition coefficient (Wildman–Crippen LogP) is 7.47. The summed E-state index contributed by atoms with van der Waals surface area (Å²) in [5, 5.41) is 0.991. The minimum absolute atomic E-state index is 0.579. The third kappa shape index (κ3) is 3.14. The number of rotatable bonds is 3. The van der Waals surface area contributed by atoms with E-state index in [0.29, 0.717) is 17.5 Å². The molecule has 3 aromatic heterocycles. The van der Waals surface area contributed by atoms with Crippen molar-refractivity contribution in [2.45, 2.75) is 0 Å². The second-order valence-electron chi connectivity index (χ2n) is 9.19. The maximum Gasteiger partial charge on any atom is 0.164 e. The number of nitrogens with zero attached hydrogens (tertiary/aromatic N) is 5. The van der Waals surface area contributed by atoms with Crippen LogP contribution < -0.4 is 4.74 Å². The molecule has 4 heterocycles. The summed E-state index contributed by atoms with van der Waals surface area (Å²) in [6.07, 6.45) is 1.83. The highest BCUT2D eigenvalue weighted by atomic mass is 16.5. The lowest BCUT2D eigenvalue weighted by atomic mass is 10.1. The third-order valence-corrected chi connectivity index (χ3v) is 6.86. The summed E-state index contributed by atoms with van der Waals surface area (Å²) in [6.45, 7) is 0. The molecule has 4 aromatic carbocycles. The van der Waals surface area contributed by atoms with Crippen LogP contribution in [-0.2, 0) is 0 Å². The number of benzene rings is 4. The summed E-state index contributed by atoms with van der Waals surface area (Å²) in [7, 11) is 0. The first kappa shape index (κ1) is 20.8. The fourth-order valence-electron chi connectivity index (χ4n) is 5.17. The highest BCUT2D eigenvalue weighted by Gasteiger charge is 2.25. The number of ether oxygens (including phenoxy) is 1. The monoisotopic (exact) mass is 489 g/mol. The minimum atomic E-state index is 0.579. The first-order valence-electron chi connectivity index (χ1n) is 12.4. The molecular weight excluding hydrogens is 470 g/mol. The molecule has 178 valence electrons. The summed E-state index contributed by atoms with van der Waals surface area (Å²) in [4.78, 5) is 19.4. The standard InChI is InChI=1S/C32H19N5O/c1-3-10-20(11-4-1)30-34-31(21-12-5-2-6-13-21)36-32(35-30)22-18-23-28-25(15-9-17-33-28)37-24-14-7-8-16-26(24)38-27(19-22)29(23)37/h1-19H. The van der Waals surface area contributed by atoms with E-state index in [1.54, 1.807) is 0 Å². The summed E-state index contributed by atoms with van der Waals surface area (Å²) in [5.74, 6) is 3.36. The van der Waals surface area contributed by atoms with Crippen molar-refractivity contribution in [1.29, 1.82) is 0 Å². The topological polar surface area (TPSA) is 65.7 Å². The molecular formula is C32H19N5O. The van der Waals surface area contributed by atoms with Gasteiger partial charge in [0.25, 0.3) is 0 Å². The Morgan fingerprint density at radius 3 is 1.89 bits per heavy atom. The molecule has 1 aliphatic rings. The number of para-hydroxylation sites is 2. The zero-order valence-corrected chi connectivity index (χ0v) is 20.1. The maximum atomic E-state index is 6.45. The molecule has 0 spiro atoms. The summed E-state index contributed by atoms with van der Waals surface area (Å²) < 4.78 is 8.68. The van der Waals surface area contributed by atoms with Crippen LogP contribution in [0.15, 0.2) is 115 Å². The van der Waals surface area contributed by atoms with Crippen molar-refractivity contribution >= 4 is 21.9 Å². The number of aromatic nitrogens is 5. The van der Waals surface area contributed by atoms with E-state index in [4.69, 9.17) is 24.7 Å². The van der Waals surface area contributed by atoms with Gasteiger partial charge in [0.15, 0.2) is 29.0 Å². The Labute approximate surface area is 217 Å². The van der Waals surface area contributed by atoms with E-state index in [1.165, 1.54) is 0 Å². The van der Waals surface area contributed by atoms with E-state index >= 15 is 0 Å². The van der Waals surface area contributed by atoms with E-state index in [1.807, 2.05) is 97.2 Å². The molecule has 8 rings (SSSR count). The number of pyridine rings is 1. The number of hydrogen-bond acceptors (Lipinski definition) is 5. The van der Waals surface area contributed by atoms with Crippen molar-refractivity contribution in [3.05, 3.63) is 115 Å². The van der Waals surface area contributed by atoms with E-state index in [0.717, 1.165) is 55.8 Å². The van der Waals surface area contributed by atoms with Crippen molar-refractivity contribution in [3.8, 4) is 51.3 Å². The van der Waals surface area contributed by atoms with Crippen molar-refractivity contribution in [1.82, 2.24) is 24.5 Å². The second kappa shape index (κ2) is 8.08. The summed E-state index contributed by atoms with van der Waals surface area (Å²) in [6, 6.07) is 36.2. The Bertz CT molecular complexity index is 1940. The average Bonchev–Trinajstić information content (AvgIpc) is 3.33. The summed E-state index contributed by atoms with van der Waals surface area (Å²) in [5.41, 5.74) is 6.63. The van der Waals surface area contributed by atoms with Gasteiger partial charge in [-0.05, 0) is 36.4 Å². The molecule has 38 heavy (non-hydrogen) atoms. The molecule has 0 aliphatic carbocycles. The lowest BCUT2D eigenvalue weighted by Crippen LogP contribution is -2.04. The quantitative estimate of drug-likeness (QED) is 0.258. The molecule has 7 aromatic rings. The van der Waals surface area contributed by atoms with Crippen molar-refractivity contribution in [2.75, 3.05) is 0 Å². The Morgan fingerprint density at radius 1 is 0.553 bits per heavy atom. The largest absolute Gasteiger partial charge is 0.453 e. The summed E-state index contributed by atoms with van der Waals surface area (Å²) >= 11 is 0. The smallest absolute Gasteiger partial charge is 0.164 e. The lowest BCUT2D eigenvalue weighted by Gasteiger charge is -2.21. The molecule has 0 bridgehead atoms. The van der Waals surface area contributed by atoms with Crippen LogP contribution in [0.25, 0.3) is 61.8 Å². The predicted molar refractivity (Wildman–Crippen MR) is 148 cm³/mol. The van der Waals surface area contributed by atoms with Gasteiger partial charge in [-0.15, -0.1) is 0 Å². The van der Waals surface area contributed by atoms with Crippen LogP contribution in [0.4, 0.5) is 0 Å². The molecule has 0 N–H and O–H groups in total. The van der Waals surface area contributed by atoms with E-state index in [2.05, 4.69) is 22.8 Å². The van der Waals surface area contributed by atoms with Gasteiger partial charge in [0, 0.05) is 28.3 Å². The molecule has 0 amide bonds. The molecule has 1 aliphatic heterocycles. The van der Waals surface area contributed by atoms with Gasteiger partial charge in [-0.1, -0.05) is 72.8 Å². The Hall–Kier alpha value is -5.36. The Balaban J connectivity index is 1.42. The molecule has 0 saturated heterocycles. The maximum absolute atomic E-state index is 6.45. The zero-order valence-electron chi connectivity index (χ0n) is 20.1. The van der Waals surface area contributed by atoms with Crippen LogP contribution in [0, 0.1) is 0 Å². The zero-order chi connectivity index (χ0) is 25.1. The normalized spacial score (nSPS) is 11.9. The van der Waals surface area contributed by atoms with Crippen molar-refractivity contribution in [3.63, 3.8) is 0 Å². The SMILES string of the molecule is c1ccc(-c2nc(-c3ccccc3)nc(-c3cc4c5c(c3)c3ncccc3n5-c3ccccc3O4)n2)cc1. The molecule has 6 nitrogen and oxygen atoms in total.